The zero-order chi connectivity index (χ0) is 17.9. The SMILES string of the molecule is C=C(C)n1c(=O)n(CC(=O)C(=[N+]=[N-])C(=O)OCC)c2ccccc21. The molecule has 0 spiro atoms. The molecule has 0 amide bonds. The van der Waals surface area contributed by atoms with Crippen LogP contribution in [0.1, 0.15) is 13.8 Å². The van der Waals surface area contributed by atoms with Gasteiger partial charge in [-0.1, -0.05) is 18.7 Å². The minimum absolute atomic E-state index is 0.0278. The number of nitrogens with zero attached hydrogens (tertiary/aromatic N) is 4. The van der Waals surface area contributed by atoms with Crippen LogP contribution in [0.3, 0.4) is 0 Å². The largest absolute Gasteiger partial charge is 0.457 e. The van der Waals surface area contributed by atoms with Crippen LogP contribution in [0.15, 0.2) is 35.6 Å². The molecule has 0 aliphatic rings. The van der Waals surface area contributed by atoms with Crippen LogP contribution in [-0.4, -0.2) is 38.0 Å². The van der Waals surface area contributed by atoms with E-state index in [-0.39, 0.29) is 6.61 Å². The molecule has 1 aromatic heterocycles. The van der Waals surface area contributed by atoms with Crippen molar-refractivity contribution in [1.29, 1.82) is 0 Å². The molecular weight excluding hydrogens is 312 g/mol. The quantitative estimate of drug-likeness (QED) is 0.260. The summed E-state index contributed by atoms with van der Waals surface area (Å²) in [5.74, 6) is -1.87. The van der Waals surface area contributed by atoms with Gasteiger partial charge in [-0.15, -0.1) is 0 Å². The third-order valence-electron chi connectivity index (χ3n) is 3.35. The van der Waals surface area contributed by atoms with Crippen molar-refractivity contribution >= 4 is 34.2 Å². The standard InChI is InChI=1S/C16H16N4O4/c1-4-24-15(22)14(18-17)13(21)9-19-11-7-5-6-8-12(11)20(10(2)3)16(19)23/h5-8H,2,4,9H2,1,3H3. The molecule has 0 fully saturated rings. The first kappa shape index (κ1) is 17.1. The summed E-state index contributed by atoms with van der Waals surface area (Å²) in [6.07, 6.45) is 0. The van der Waals surface area contributed by atoms with E-state index in [0.717, 1.165) is 0 Å². The fraction of sp³-hybridized carbons (Fsp3) is 0.250. The highest BCUT2D eigenvalue weighted by molar-refractivity contribution is 6.62. The second-order valence-electron chi connectivity index (χ2n) is 5.02. The van der Waals surface area contributed by atoms with Crippen molar-refractivity contribution in [3.63, 3.8) is 0 Å². The van der Waals surface area contributed by atoms with E-state index in [2.05, 4.69) is 16.1 Å². The number of allylic oxidation sites excluding steroid dienone is 1. The van der Waals surface area contributed by atoms with Crippen LogP contribution in [0.25, 0.3) is 22.3 Å². The van der Waals surface area contributed by atoms with Crippen LogP contribution < -0.4 is 5.69 Å². The number of ether oxygens (including phenoxy) is 1. The topological polar surface area (TPSA) is 107 Å². The highest BCUT2D eigenvalue weighted by Crippen LogP contribution is 2.15. The molecule has 0 aliphatic carbocycles. The first-order valence-corrected chi connectivity index (χ1v) is 7.20. The van der Waals surface area contributed by atoms with E-state index >= 15 is 0 Å². The molecule has 2 aromatic rings. The predicted octanol–water partition coefficient (Wildman–Crippen LogP) is 1.10. The van der Waals surface area contributed by atoms with Crippen LogP contribution >= 0.6 is 0 Å². The molecule has 0 N–H and O–H groups in total. The summed E-state index contributed by atoms with van der Waals surface area (Å²) in [4.78, 5) is 39.2. The molecule has 0 saturated carbocycles. The Morgan fingerprint density at radius 3 is 2.46 bits per heavy atom. The first-order chi connectivity index (χ1) is 11.4. The van der Waals surface area contributed by atoms with Crippen molar-refractivity contribution < 1.29 is 19.1 Å². The molecule has 1 aromatic carbocycles. The van der Waals surface area contributed by atoms with Gasteiger partial charge in [0.15, 0.2) is 0 Å². The van der Waals surface area contributed by atoms with Crippen LogP contribution in [0.4, 0.5) is 0 Å². The Bertz CT molecular complexity index is 945. The zero-order valence-corrected chi connectivity index (χ0v) is 13.4. The van der Waals surface area contributed by atoms with E-state index in [0.29, 0.717) is 16.7 Å². The van der Waals surface area contributed by atoms with Crippen LogP contribution in [0.5, 0.6) is 0 Å². The number of hydrogen-bond donors (Lipinski definition) is 0. The van der Waals surface area contributed by atoms with E-state index in [1.54, 1.807) is 38.1 Å². The van der Waals surface area contributed by atoms with Gasteiger partial charge in [-0.05, 0) is 26.0 Å². The Hall–Kier alpha value is -3.25. The molecule has 0 radical (unpaired) electrons. The molecule has 124 valence electrons. The normalized spacial score (nSPS) is 10.2. The fourth-order valence-electron chi connectivity index (χ4n) is 2.36. The number of benzene rings is 1. The van der Waals surface area contributed by atoms with E-state index in [1.165, 1.54) is 9.13 Å². The lowest BCUT2D eigenvalue weighted by atomic mass is 10.2. The number of fused-ring (bicyclic) bond motifs is 1. The second-order valence-corrected chi connectivity index (χ2v) is 5.02. The zero-order valence-electron chi connectivity index (χ0n) is 13.4. The van der Waals surface area contributed by atoms with E-state index in [1.807, 2.05) is 0 Å². The molecule has 1 heterocycles. The Labute approximate surface area is 137 Å². The first-order valence-electron chi connectivity index (χ1n) is 7.20. The van der Waals surface area contributed by atoms with Gasteiger partial charge < -0.3 is 10.3 Å². The summed E-state index contributed by atoms with van der Waals surface area (Å²) in [6.45, 7) is 6.55. The summed E-state index contributed by atoms with van der Waals surface area (Å²) in [6, 6.07) is 6.87. The number of rotatable bonds is 6. The van der Waals surface area contributed by atoms with Crippen molar-refractivity contribution in [2.45, 2.75) is 20.4 Å². The Morgan fingerprint density at radius 2 is 1.92 bits per heavy atom. The maximum absolute atomic E-state index is 12.6. The molecule has 0 atom stereocenters. The highest BCUT2D eigenvalue weighted by Gasteiger charge is 2.32. The smallest absolute Gasteiger partial charge is 0.443 e. The van der Waals surface area contributed by atoms with Crippen molar-refractivity contribution in [3.8, 4) is 0 Å². The molecule has 8 heteroatoms. The van der Waals surface area contributed by atoms with E-state index < -0.39 is 29.7 Å². The number of hydrogen-bond acceptors (Lipinski definition) is 4. The molecule has 8 nitrogen and oxygen atoms in total. The molecule has 0 saturated heterocycles. The average Bonchev–Trinajstić information content (AvgIpc) is 2.81. The van der Waals surface area contributed by atoms with Gasteiger partial charge in [0.2, 0.25) is 0 Å². The van der Waals surface area contributed by atoms with Crippen LogP contribution in [0.2, 0.25) is 0 Å². The number of imidazole rings is 1. The summed E-state index contributed by atoms with van der Waals surface area (Å²) < 4.78 is 7.21. The van der Waals surface area contributed by atoms with E-state index in [9.17, 15) is 14.4 Å². The van der Waals surface area contributed by atoms with Gasteiger partial charge in [-0.25, -0.2) is 9.59 Å². The Kier molecular flexibility index (Phi) is 4.91. The summed E-state index contributed by atoms with van der Waals surface area (Å²) >= 11 is 0. The minimum Gasteiger partial charge on any atom is -0.457 e. The average molecular weight is 328 g/mol. The van der Waals surface area contributed by atoms with Crippen molar-refractivity contribution in [2.75, 3.05) is 6.61 Å². The lowest BCUT2D eigenvalue weighted by molar-refractivity contribution is -0.141. The van der Waals surface area contributed by atoms with Gasteiger partial charge in [0.05, 0.1) is 24.2 Å². The number of carbonyl (C=O) groups excluding carboxylic acids is 2. The molecule has 0 bridgehead atoms. The van der Waals surface area contributed by atoms with Gasteiger partial charge >= 0.3 is 17.4 Å². The summed E-state index contributed by atoms with van der Waals surface area (Å²) in [5, 5.41) is 0. The second kappa shape index (κ2) is 6.89. The van der Waals surface area contributed by atoms with E-state index in [4.69, 9.17) is 5.53 Å². The number of aromatic nitrogens is 2. The van der Waals surface area contributed by atoms with Gasteiger partial charge in [-0.3, -0.25) is 13.9 Å². The number of para-hydroxylation sites is 2. The summed E-state index contributed by atoms with van der Waals surface area (Å²) in [7, 11) is 0. The molecule has 2 rings (SSSR count). The van der Waals surface area contributed by atoms with Gasteiger partial charge in [0.1, 0.15) is 0 Å². The number of ketones is 1. The number of esters is 1. The summed E-state index contributed by atoms with van der Waals surface area (Å²) in [5.41, 5.74) is 9.25. The highest BCUT2D eigenvalue weighted by atomic mass is 16.5. The third kappa shape index (κ3) is 2.95. The Morgan fingerprint density at radius 1 is 1.29 bits per heavy atom. The van der Waals surface area contributed by atoms with Gasteiger partial charge in [0.25, 0.3) is 5.78 Å². The molecule has 24 heavy (non-hydrogen) atoms. The lowest BCUT2D eigenvalue weighted by Crippen LogP contribution is -2.34. The Balaban J connectivity index is 2.51. The third-order valence-corrected chi connectivity index (χ3v) is 3.35. The monoisotopic (exact) mass is 328 g/mol. The maximum Gasteiger partial charge on any atom is 0.443 e. The number of Topliss-reactive ketones (excluding diaryl/α,β-unsaturated/α-hetero) is 1. The number of carbonyl (C=O) groups is 2. The van der Waals surface area contributed by atoms with Crippen LogP contribution in [-0.2, 0) is 20.9 Å². The predicted molar refractivity (Wildman–Crippen MR) is 87.5 cm³/mol. The molecule has 0 aliphatic heterocycles. The fourth-order valence-corrected chi connectivity index (χ4v) is 2.36. The van der Waals surface area contributed by atoms with Gasteiger partial charge in [0, 0.05) is 5.70 Å². The van der Waals surface area contributed by atoms with Crippen molar-refractivity contribution in [1.82, 2.24) is 9.13 Å². The van der Waals surface area contributed by atoms with Crippen molar-refractivity contribution in [2.24, 2.45) is 0 Å². The molecule has 0 unspecified atom stereocenters. The maximum atomic E-state index is 12.6. The lowest BCUT2D eigenvalue weighted by Gasteiger charge is -2.00. The minimum atomic E-state index is -1.04. The molecular formula is C16H16N4O4. The van der Waals surface area contributed by atoms with Crippen molar-refractivity contribution in [3.05, 3.63) is 46.9 Å². The van der Waals surface area contributed by atoms with Crippen LogP contribution in [0, 0.1) is 0 Å². The van der Waals surface area contributed by atoms with Gasteiger partial charge in [-0.2, -0.15) is 4.79 Å².